The van der Waals surface area contributed by atoms with Gasteiger partial charge < -0.3 is 9.32 Å². The number of rotatable bonds is 7. The van der Waals surface area contributed by atoms with Crippen LogP contribution in [0, 0.1) is 13.8 Å². The molecule has 0 unspecified atom stereocenters. The molecule has 6 heteroatoms. The van der Waals surface area contributed by atoms with Crippen molar-refractivity contribution in [2.45, 2.75) is 13.8 Å². The molecule has 2 heterocycles. The van der Waals surface area contributed by atoms with E-state index in [9.17, 15) is 0 Å². The van der Waals surface area contributed by atoms with Crippen LogP contribution in [0.4, 0.5) is 17.1 Å². The van der Waals surface area contributed by atoms with Crippen LogP contribution in [-0.4, -0.2) is 20.2 Å². The fourth-order valence-electron chi connectivity index (χ4n) is 6.08. The normalized spacial score (nSPS) is 11.1. The van der Waals surface area contributed by atoms with Crippen molar-refractivity contribution >= 4 is 28.1 Å². The van der Waals surface area contributed by atoms with Gasteiger partial charge in [0.15, 0.2) is 0 Å². The van der Waals surface area contributed by atoms with Crippen molar-refractivity contribution in [1.82, 2.24) is 20.2 Å². The molecule has 0 fully saturated rings. The summed E-state index contributed by atoms with van der Waals surface area (Å²) in [6, 6.07) is 51.5. The summed E-state index contributed by atoms with van der Waals surface area (Å²) in [5.41, 5.74) is 12.7. The van der Waals surface area contributed by atoms with E-state index in [0.717, 1.165) is 61.7 Å². The average molecular weight is 622 g/mol. The smallest absolute Gasteiger partial charge is 0.248 e. The zero-order valence-electron chi connectivity index (χ0n) is 26.6. The second kappa shape index (κ2) is 12.4. The number of benzene rings is 6. The van der Waals surface area contributed by atoms with E-state index in [-0.39, 0.29) is 0 Å². The molecular formula is C42H31N5O. The lowest BCUT2D eigenvalue weighted by atomic mass is 10.0. The number of hydrogen-bond donors (Lipinski definition) is 0. The van der Waals surface area contributed by atoms with Crippen molar-refractivity contribution in [2.75, 3.05) is 4.90 Å². The molecule has 0 aliphatic rings. The molecule has 0 saturated carbocycles. The van der Waals surface area contributed by atoms with Crippen molar-refractivity contribution in [1.29, 1.82) is 0 Å². The van der Waals surface area contributed by atoms with E-state index in [0.29, 0.717) is 11.8 Å². The molecule has 0 atom stereocenters. The Hall–Kier alpha value is -6.40. The third-order valence-corrected chi connectivity index (χ3v) is 8.30. The Bertz CT molecular complexity index is 2330. The molecule has 6 aromatic carbocycles. The van der Waals surface area contributed by atoms with Gasteiger partial charge in [0.05, 0.1) is 22.4 Å². The molecule has 0 aliphatic heterocycles. The Morgan fingerprint density at radius 2 is 0.833 bits per heavy atom. The summed E-state index contributed by atoms with van der Waals surface area (Å²) in [6.45, 7) is 4.26. The van der Waals surface area contributed by atoms with Gasteiger partial charge in [-0.3, -0.25) is 0 Å². The Labute approximate surface area is 279 Å². The minimum absolute atomic E-state index is 0.480. The van der Waals surface area contributed by atoms with Gasteiger partial charge in [-0.2, -0.15) is 0 Å². The molecule has 8 rings (SSSR count). The summed E-state index contributed by atoms with van der Waals surface area (Å²) >= 11 is 0. The van der Waals surface area contributed by atoms with Crippen LogP contribution in [0.3, 0.4) is 0 Å². The Balaban J connectivity index is 1.18. The third kappa shape index (κ3) is 5.72. The molecule has 0 amide bonds. The summed E-state index contributed by atoms with van der Waals surface area (Å²) in [5, 5.41) is 8.60. The highest BCUT2D eigenvalue weighted by molar-refractivity contribution is 5.87. The molecule has 0 saturated heterocycles. The monoisotopic (exact) mass is 621 g/mol. The molecular weight excluding hydrogens is 590 g/mol. The van der Waals surface area contributed by atoms with Gasteiger partial charge in [0.1, 0.15) is 0 Å². The topological polar surface area (TPSA) is 67.9 Å². The first kappa shape index (κ1) is 29.0. The molecule has 2 aromatic heterocycles. The van der Waals surface area contributed by atoms with Crippen LogP contribution in [0.5, 0.6) is 0 Å². The Morgan fingerprint density at radius 3 is 1.35 bits per heavy atom. The maximum atomic E-state index is 6.03. The molecule has 230 valence electrons. The summed E-state index contributed by atoms with van der Waals surface area (Å²) in [6.07, 6.45) is 0. The second-order valence-corrected chi connectivity index (χ2v) is 11.8. The summed E-state index contributed by atoms with van der Waals surface area (Å²) in [5.74, 6) is 0.978. The van der Waals surface area contributed by atoms with Crippen LogP contribution in [-0.2, 0) is 0 Å². The maximum Gasteiger partial charge on any atom is 0.248 e. The van der Waals surface area contributed by atoms with Crippen molar-refractivity contribution in [3.63, 3.8) is 0 Å². The highest BCUT2D eigenvalue weighted by atomic mass is 16.4. The zero-order chi connectivity index (χ0) is 32.5. The van der Waals surface area contributed by atoms with Crippen molar-refractivity contribution in [2.24, 2.45) is 0 Å². The van der Waals surface area contributed by atoms with Crippen LogP contribution in [0.25, 0.3) is 56.5 Å². The highest BCUT2D eigenvalue weighted by Crippen LogP contribution is 2.39. The van der Waals surface area contributed by atoms with Crippen molar-refractivity contribution < 1.29 is 4.42 Å². The fraction of sp³-hybridized carbons (Fsp3) is 0.0476. The van der Waals surface area contributed by atoms with Crippen molar-refractivity contribution in [3.8, 4) is 45.4 Å². The Morgan fingerprint density at radius 1 is 0.417 bits per heavy atom. The zero-order valence-corrected chi connectivity index (χ0v) is 26.6. The molecule has 8 aromatic rings. The lowest BCUT2D eigenvalue weighted by Crippen LogP contribution is -2.10. The van der Waals surface area contributed by atoms with Gasteiger partial charge in [-0.15, -0.1) is 10.2 Å². The maximum absolute atomic E-state index is 6.03. The predicted molar refractivity (Wildman–Crippen MR) is 193 cm³/mol. The molecule has 0 spiro atoms. The van der Waals surface area contributed by atoms with Crippen LogP contribution < -0.4 is 4.90 Å². The SMILES string of the molecule is Cc1cc(C)cc(N(c2ccc(-c3nnc(-c4ccccc4)o3)cc2)c2ccc(-c3nc4ccccc4nc3-c3ccccc3)cc2)c1. The van der Waals surface area contributed by atoms with Gasteiger partial charge in [-0.05, 0) is 97.8 Å². The third-order valence-electron chi connectivity index (χ3n) is 8.30. The molecule has 6 nitrogen and oxygen atoms in total. The lowest BCUT2D eigenvalue weighted by molar-refractivity contribution is 0.584. The van der Waals surface area contributed by atoms with E-state index in [1.165, 1.54) is 11.1 Å². The van der Waals surface area contributed by atoms with E-state index < -0.39 is 0 Å². The number of hydrogen-bond acceptors (Lipinski definition) is 6. The van der Waals surface area contributed by atoms with Gasteiger partial charge in [0.2, 0.25) is 11.8 Å². The van der Waals surface area contributed by atoms with E-state index in [1.807, 2.05) is 84.9 Å². The predicted octanol–water partition coefficient (Wildman–Crippen LogP) is 10.8. The van der Waals surface area contributed by atoms with Crippen LogP contribution in [0.1, 0.15) is 11.1 Å². The first-order chi connectivity index (χ1) is 23.6. The quantitative estimate of drug-likeness (QED) is 0.176. The molecule has 0 N–H and O–H groups in total. The van der Waals surface area contributed by atoms with Crippen molar-refractivity contribution in [3.05, 3.63) is 163 Å². The number of nitrogens with zero attached hydrogens (tertiary/aromatic N) is 5. The van der Waals surface area contributed by atoms with E-state index in [4.69, 9.17) is 14.4 Å². The van der Waals surface area contributed by atoms with Crippen LogP contribution >= 0.6 is 0 Å². The van der Waals surface area contributed by atoms with Gasteiger partial charge in [0, 0.05) is 39.3 Å². The van der Waals surface area contributed by atoms with Gasteiger partial charge >= 0.3 is 0 Å². The van der Waals surface area contributed by atoms with Gasteiger partial charge in [-0.25, -0.2) is 9.97 Å². The Kier molecular flexibility index (Phi) is 7.51. The molecule has 0 aliphatic carbocycles. The second-order valence-electron chi connectivity index (χ2n) is 11.8. The first-order valence-corrected chi connectivity index (χ1v) is 15.9. The number of para-hydroxylation sites is 2. The molecule has 0 bridgehead atoms. The number of fused-ring (bicyclic) bond motifs is 1. The van der Waals surface area contributed by atoms with Gasteiger partial charge in [0.25, 0.3) is 0 Å². The van der Waals surface area contributed by atoms with E-state index >= 15 is 0 Å². The minimum atomic E-state index is 0.480. The number of aromatic nitrogens is 4. The average Bonchev–Trinajstić information content (AvgIpc) is 3.63. The highest BCUT2D eigenvalue weighted by Gasteiger charge is 2.18. The van der Waals surface area contributed by atoms with Crippen LogP contribution in [0.2, 0.25) is 0 Å². The number of aryl methyl sites for hydroxylation is 2. The largest absolute Gasteiger partial charge is 0.416 e. The van der Waals surface area contributed by atoms with E-state index in [1.54, 1.807) is 0 Å². The lowest BCUT2D eigenvalue weighted by Gasteiger charge is -2.26. The minimum Gasteiger partial charge on any atom is -0.416 e. The fourth-order valence-corrected chi connectivity index (χ4v) is 6.08. The number of anilines is 3. The van der Waals surface area contributed by atoms with Crippen LogP contribution in [0.15, 0.2) is 156 Å². The molecule has 0 radical (unpaired) electrons. The summed E-state index contributed by atoms with van der Waals surface area (Å²) in [7, 11) is 0. The summed E-state index contributed by atoms with van der Waals surface area (Å²) < 4.78 is 6.03. The van der Waals surface area contributed by atoms with E-state index in [2.05, 4.69) is 95.7 Å². The summed E-state index contributed by atoms with van der Waals surface area (Å²) in [4.78, 5) is 12.4. The first-order valence-electron chi connectivity index (χ1n) is 15.9. The molecule has 48 heavy (non-hydrogen) atoms. The standard InChI is InChI=1S/C42H31N5O/c1-28-25-29(2)27-36(26-28)47(35-23-19-33(20-24-35)42-46-45-41(48-42)32-13-7-4-8-14-32)34-21-17-31(18-22-34)40-39(30-11-5-3-6-12-30)43-37-15-9-10-16-38(37)44-40/h3-27H,1-2H3. The van der Waals surface area contributed by atoms with Gasteiger partial charge in [-0.1, -0.05) is 78.9 Å².